The third-order valence-electron chi connectivity index (χ3n) is 5.13. The van der Waals surface area contributed by atoms with Gasteiger partial charge in [0.05, 0.1) is 11.2 Å². The molecule has 0 radical (unpaired) electrons. The normalized spacial score (nSPS) is 19.8. The van der Waals surface area contributed by atoms with E-state index in [1.807, 2.05) is 19.2 Å². The molecule has 1 aromatic carbocycles. The zero-order valence-corrected chi connectivity index (χ0v) is 13.8. The van der Waals surface area contributed by atoms with Crippen molar-refractivity contribution in [3.05, 3.63) is 30.0 Å². The molecule has 2 aliphatic heterocycles. The quantitative estimate of drug-likeness (QED) is 0.888. The van der Waals surface area contributed by atoms with E-state index in [1.54, 1.807) is 4.90 Å². The van der Waals surface area contributed by atoms with Crippen LogP contribution in [0.3, 0.4) is 0 Å². The number of urea groups is 1. The molecule has 1 aromatic heterocycles. The summed E-state index contributed by atoms with van der Waals surface area (Å²) in [5.74, 6) is 0.354. The van der Waals surface area contributed by atoms with Crippen molar-refractivity contribution in [1.82, 2.24) is 15.2 Å². The first-order chi connectivity index (χ1) is 11.6. The maximum absolute atomic E-state index is 12.2. The van der Waals surface area contributed by atoms with Gasteiger partial charge in [0.1, 0.15) is 0 Å². The average molecular weight is 326 g/mol. The van der Waals surface area contributed by atoms with E-state index in [0.29, 0.717) is 18.9 Å². The predicted molar refractivity (Wildman–Crippen MR) is 93.3 cm³/mol. The Kier molecular flexibility index (Phi) is 3.76. The molecule has 126 valence electrons. The first kappa shape index (κ1) is 15.2. The highest BCUT2D eigenvalue weighted by atomic mass is 16.2. The van der Waals surface area contributed by atoms with E-state index in [0.717, 1.165) is 37.1 Å². The van der Waals surface area contributed by atoms with E-state index >= 15 is 0 Å². The minimum absolute atomic E-state index is 0.203. The van der Waals surface area contributed by atoms with Crippen molar-refractivity contribution in [2.24, 2.45) is 7.05 Å². The van der Waals surface area contributed by atoms with Gasteiger partial charge < -0.3 is 9.88 Å². The average Bonchev–Trinajstić information content (AvgIpc) is 2.93. The fraction of sp³-hybridized carbons (Fsp3) is 0.444. The van der Waals surface area contributed by atoms with Crippen molar-refractivity contribution in [3.63, 3.8) is 0 Å². The Hall–Kier alpha value is -2.34. The maximum atomic E-state index is 12.2. The number of carbonyl (C=O) groups excluding carboxylic acids is 2. The Bertz CT molecular complexity index is 805. The summed E-state index contributed by atoms with van der Waals surface area (Å²) in [6, 6.07) is 5.78. The molecule has 2 saturated heterocycles. The lowest BCUT2D eigenvalue weighted by molar-refractivity contribution is -0.120. The van der Waals surface area contributed by atoms with Crippen LogP contribution in [0.5, 0.6) is 0 Å². The Morgan fingerprint density at radius 1 is 1.17 bits per heavy atom. The van der Waals surface area contributed by atoms with Gasteiger partial charge in [-0.2, -0.15) is 0 Å². The lowest BCUT2D eigenvalue weighted by atomic mass is 9.90. The van der Waals surface area contributed by atoms with Gasteiger partial charge in [0, 0.05) is 31.6 Å². The standard InChI is InChI=1S/C18H22N4O2/c1-21-11-14(12-5-8-19-9-6-12)13-3-2-4-15(17(13)21)22-10-7-16(23)20-18(22)24/h2-4,11-12,19H,5-10H2,1H3,(H,20,23,24). The Balaban J connectivity index is 1.79. The van der Waals surface area contributed by atoms with E-state index in [9.17, 15) is 9.59 Å². The number of hydrogen-bond acceptors (Lipinski definition) is 3. The zero-order chi connectivity index (χ0) is 16.7. The number of fused-ring (bicyclic) bond motifs is 1. The number of rotatable bonds is 2. The van der Waals surface area contributed by atoms with E-state index < -0.39 is 0 Å². The molecule has 0 atom stereocenters. The monoisotopic (exact) mass is 326 g/mol. The minimum Gasteiger partial charge on any atom is -0.349 e. The van der Waals surface area contributed by atoms with Gasteiger partial charge in [-0.3, -0.25) is 15.0 Å². The van der Waals surface area contributed by atoms with E-state index in [1.165, 1.54) is 10.9 Å². The van der Waals surface area contributed by atoms with Gasteiger partial charge in [-0.25, -0.2) is 4.79 Å². The van der Waals surface area contributed by atoms with E-state index in [4.69, 9.17) is 0 Å². The first-order valence-corrected chi connectivity index (χ1v) is 8.55. The number of amides is 3. The molecule has 0 aliphatic carbocycles. The summed E-state index contributed by atoms with van der Waals surface area (Å²) in [7, 11) is 2.03. The number of para-hydroxylation sites is 1. The molecule has 0 bridgehead atoms. The lowest BCUT2D eigenvalue weighted by Gasteiger charge is -2.27. The van der Waals surface area contributed by atoms with Crippen LogP contribution in [0.25, 0.3) is 10.9 Å². The highest BCUT2D eigenvalue weighted by Gasteiger charge is 2.27. The molecule has 0 spiro atoms. The summed E-state index contributed by atoms with van der Waals surface area (Å²) in [6.07, 6.45) is 4.83. The van der Waals surface area contributed by atoms with Crippen molar-refractivity contribution in [1.29, 1.82) is 0 Å². The molecule has 0 unspecified atom stereocenters. The second kappa shape index (κ2) is 5.94. The number of anilines is 1. The van der Waals surface area contributed by atoms with Gasteiger partial charge in [0.2, 0.25) is 5.91 Å². The predicted octanol–water partition coefficient (Wildman–Crippen LogP) is 2.09. The number of hydrogen-bond donors (Lipinski definition) is 2. The van der Waals surface area contributed by atoms with Gasteiger partial charge in [-0.1, -0.05) is 12.1 Å². The topological polar surface area (TPSA) is 66.4 Å². The summed E-state index contributed by atoms with van der Waals surface area (Å²) in [4.78, 5) is 25.3. The number of aryl methyl sites for hydroxylation is 1. The summed E-state index contributed by atoms with van der Waals surface area (Å²) in [5.41, 5.74) is 3.31. The van der Waals surface area contributed by atoms with Gasteiger partial charge >= 0.3 is 6.03 Å². The fourth-order valence-electron chi connectivity index (χ4n) is 3.95. The molecule has 2 aromatic rings. The lowest BCUT2D eigenvalue weighted by Crippen LogP contribution is -2.49. The van der Waals surface area contributed by atoms with Crippen molar-refractivity contribution in [2.75, 3.05) is 24.5 Å². The Morgan fingerprint density at radius 3 is 2.71 bits per heavy atom. The number of imide groups is 1. The molecular weight excluding hydrogens is 304 g/mol. The van der Waals surface area contributed by atoms with Crippen molar-refractivity contribution in [2.45, 2.75) is 25.2 Å². The van der Waals surface area contributed by atoms with Crippen LogP contribution in [0.4, 0.5) is 10.5 Å². The molecule has 24 heavy (non-hydrogen) atoms. The number of benzene rings is 1. The summed E-state index contributed by atoms with van der Waals surface area (Å²) in [5, 5.41) is 7.04. The summed E-state index contributed by atoms with van der Waals surface area (Å²) < 4.78 is 2.12. The molecule has 2 N–H and O–H groups in total. The molecular formula is C18H22N4O2. The van der Waals surface area contributed by atoms with Crippen LogP contribution in [0.15, 0.2) is 24.4 Å². The van der Waals surface area contributed by atoms with Crippen molar-refractivity contribution < 1.29 is 9.59 Å². The van der Waals surface area contributed by atoms with Crippen LogP contribution >= 0.6 is 0 Å². The molecule has 6 nitrogen and oxygen atoms in total. The smallest absolute Gasteiger partial charge is 0.328 e. The SMILES string of the molecule is Cn1cc(C2CCNCC2)c2cccc(N3CCC(=O)NC3=O)c21. The molecule has 2 fully saturated rings. The Labute approximate surface area is 140 Å². The highest BCUT2D eigenvalue weighted by Crippen LogP contribution is 2.37. The largest absolute Gasteiger partial charge is 0.349 e. The molecule has 0 saturated carbocycles. The molecule has 2 aliphatic rings. The van der Waals surface area contributed by atoms with Gasteiger partial charge in [-0.05, 0) is 43.5 Å². The number of nitrogens with zero attached hydrogens (tertiary/aromatic N) is 2. The first-order valence-electron chi connectivity index (χ1n) is 8.55. The summed E-state index contributed by atoms with van der Waals surface area (Å²) in [6.45, 7) is 2.53. The second-order valence-electron chi connectivity index (χ2n) is 6.65. The number of carbonyl (C=O) groups is 2. The van der Waals surface area contributed by atoms with Gasteiger partial charge in [-0.15, -0.1) is 0 Å². The molecule has 3 heterocycles. The van der Waals surface area contributed by atoms with Crippen LogP contribution in [0, 0.1) is 0 Å². The minimum atomic E-state index is -0.330. The molecule has 6 heteroatoms. The number of aromatic nitrogens is 1. The van der Waals surface area contributed by atoms with Gasteiger partial charge in [0.25, 0.3) is 0 Å². The summed E-state index contributed by atoms with van der Waals surface area (Å²) >= 11 is 0. The van der Waals surface area contributed by atoms with Crippen LogP contribution < -0.4 is 15.5 Å². The second-order valence-corrected chi connectivity index (χ2v) is 6.65. The van der Waals surface area contributed by atoms with Crippen LogP contribution in [-0.2, 0) is 11.8 Å². The van der Waals surface area contributed by atoms with Crippen LogP contribution in [-0.4, -0.2) is 36.1 Å². The molecule has 3 amide bonds. The Morgan fingerprint density at radius 2 is 1.96 bits per heavy atom. The fourth-order valence-corrected chi connectivity index (χ4v) is 3.95. The van der Waals surface area contributed by atoms with Crippen LogP contribution in [0.2, 0.25) is 0 Å². The number of nitrogens with one attached hydrogen (secondary N) is 2. The third-order valence-corrected chi connectivity index (χ3v) is 5.13. The third kappa shape index (κ3) is 2.47. The van der Waals surface area contributed by atoms with Crippen molar-refractivity contribution >= 4 is 28.5 Å². The zero-order valence-electron chi connectivity index (χ0n) is 13.8. The van der Waals surface area contributed by atoms with Crippen molar-refractivity contribution in [3.8, 4) is 0 Å². The highest BCUT2D eigenvalue weighted by molar-refractivity contribution is 6.09. The van der Waals surface area contributed by atoms with E-state index in [-0.39, 0.29) is 11.9 Å². The maximum Gasteiger partial charge on any atom is 0.328 e. The molecule has 4 rings (SSSR count). The number of piperidine rings is 1. The van der Waals surface area contributed by atoms with E-state index in [2.05, 4.69) is 27.5 Å². The van der Waals surface area contributed by atoms with Crippen LogP contribution in [0.1, 0.15) is 30.7 Å². The van der Waals surface area contributed by atoms with Gasteiger partial charge in [0.15, 0.2) is 0 Å².